The minimum atomic E-state index is -0.966. The average molecular weight is 211 g/mol. The maximum Gasteiger partial charge on any atom is 0.238 e. The van der Waals surface area contributed by atoms with Gasteiger partial charge in [0.2, 0.25) is 12.8 Å². The van der Waals surface area contributed by atoms with Gasteiger partial charge in [-0.05, 0) is 6.92 Å². The summed E-state index contributed by atoms with van der Waals surface area (Å²) in [6.07, 6.45) is -0.966. The van der Waals surface area contributed by atoms with Crippen LogP contribution in [0, 0.1) is 20.2 Å². The van der Waals surface area contributed by atoms with Crippen LogP contribution in [0.1, 0.15) is 6.92 Å². The Kier molecular flexibility index (Phi) is 2.41. The zero-order valence-electron chi connectivity index (χ0n) is 6.66. The zero-order chi connectivity index (χ0) is 10.2. The SMILES string of the molecule is CC(Cl)C1N([N+](=O)[O-])CN1[N+](=O)[O-]. The molecular formula is C4H7ClN4O4. The fourth-order valence-corrected chi connectivity index (χ4v) is 1.40. The van der Waals surface area contributed by atoms with Crippen molar-refractivity contribution in [1.29, 1.82) is 0 Å². The van der Waals surface area contributed by atoms with Crippen molar-refractivity contribution >= 4 is 11.6 Å². The van der Waals surface area contributed by atoms with Crippen LogP contribution in [0.25, 0.3) is 0 Å². The summed E-state index contributed by atoms with van der Waals surface area (Å²) < 4.78 is 0. The van der Waals surface area contributed by atoms with Gasteiger partial charge in [-0.1, -0.05) is 10.0 Å². The van der Waals surface area contributed by atoms with Gasteiger partial charge in [-0.2, -0.15) is 0 Å². The minimum Gasteiger partial charge on any atom is -0.235 e. The lowest BCUT2D eigenvalue weighted by atomic mass is 10.3. The van der Waals surface area contributed by atoms with Gasteiger partial charge in [-0.15, -0.1) is 11.6 Å². The number of rotatable bonds is 3. The van der Waals surface area contributed by atoms with Crippen LogP contribution in [0.4, 0.5) is 0 Å². The van der Waals surface area contributed by atoms with E-state index in [1.807, 2.05) is 0 Å². The first-order chi connectivity index (χ1) is 5.95. The van der Waals surface area contributed by atoms with Crippen molar-refractivity contribution in [2.75, 3.05) is 6.67 Å². The van der Waals surface area contributed by atoms with E-state index in [-0.39, 0.29) is 6.67 Å². The molecule has 1 rings (SSSR count). The lowest BCUT2D eigenvalue weighted by Gasteiger charge is -2.38. The number of alkyl halides is 1. The molecule has 0 N–H and O–H groups in total. The van der Waals surface area contributed by atoms with Gasteiger partial charge in [-0.3, -0.25) is 0 Å². The molecule has 1 unspecified atom stereocenters. The number of hydrogen-bond acceptors (Lipinski definition) is 4. The third-order valence-corrected chi connectivity index (χ3v) is 1.96. The first kappa shape index (κ1) is 9.78. The normalized spacial score (nSPS) is 19.5. The number of hydrazine groups is 2. The Morgan fingerprint density at radius 2 is 1.77 bits per heavy atom. The summed E-state index contributed by atoms with van der Waals surface area (Å²) in [6.45, 7) is 1.14. The highest BCUT2D eigenvalue weighted by Crippen LogP contribution is 2.24. The lowest BCUT2D eigenvalue weighted by Crippen LogP contribution is -2.70. The van der Waals surface area contributed by atoms with Crippen LogP contribution < -0.4 is 0 Å². The second-order valence-corrected chi connectivity index (χ2v) is 3.28. The number of hydrogen-bond donors (Lipinski definition) is 0. The molecule has 0 radical (unpaired) electrons. The largest absolute Gasteiger partial charge is 0.238 e. The van der Waals surface area contributed by atoms with Crippen molar-refractivity contribution in [3.63, 3.8) is 0 Å². The Morgan fingerprint density at radius 3 is 2.00 bits per heavy atom. The van der Waals surface area contributed by atoms with Crippen LogP contribution in [0.2, 0.25) is 0 Å². The van der Waals surface area contributed by atoms with E-state index in [1.54, 1.807) is 0 Å². The first-order valence-electron chi connectivity index (χ1n) is 3.41. The standard InChI is InChI=1S/C4H7ClN4O4/c1-3(5)4-6(8(10)11)2-7(4)9(12)13/h3-4H,2H2,1H3. The molecule has 0 spiro atoms. The highest BCUT2D eigenvalue weighted by Gasteiger charge is 2.53. The summed E-state index contributed by atoms with van der Waals surface area (Å²) in [5.74, 6) is 0. The molecule has 0 amide bonds. The molecule has 0 saturated carbocycles. The van der Waals surface area contributed by atoms with Crippen LogP contribution >= 0.6 is 11.6 Å². The predicted molar refractivity (Wildman–Crippen MR) is 41.6 cm³/mol. The summed E-state index contributed by atoms with van der Waals surface area (Å²) in [4.78, 5) is 20.6. The van der Waals surface area contributed by atoms with Crippen LogP contribution in [-0.2, 0) is 0 Å². The summed E-state index contributed by atoms with van der Waals surface area (Å²) in [6, 6.07) is 0. The number of nitro groups is 2. The quantitative estimate of drug-likeness (QED) is 0.367. The van der Waals surface area contributed by atoms with Gasteiger partial charge in [0, 0.05) is 0 Å². The van der Waals surface area contributed by atoms with E-state index < -0.39 is 21.6 Å². The van der Waals surface area contributed by atoms with Gasteiger partial charge in [0.1, 0.15) is 0 Å². The molecule has 0 aliphatic carbocycles. The van der Waals surface area contributed by atoms with Crippen LogP contribution in [0.15, 0.2) is 0 Å². The first-order valence-corrected chi connectivity index (χ1v) is 3.84. The summed E-state index contributed by atoms with van der Waals surface area (Å²) in [5, 5.41) is 20.0. The van der Waals surface area contributed by atoms with Crippen molar-refractivity contribution in [2.45, 2.75) is 18.5 Å². The van der Waals surface area contributed by atoms with Crippen LogP contribution in [0.5, 0.6) is 0 Å². The van der Waals surface area contributed by atoms with Crippen molar-refractivity contribution in [3.8, 4) is 0 Å². The van der Waals surface area contributed by atoms with Crippen LogP contribution in [-0.4, -0.2) is 38.3 Å². The molecule has 1 saturated heterocycles. The van der Waals surface area contributed by atoms with E-state index in [1.165, 1.54) is 6.92 Å². The van der Waals surface area contributed by atoms with Gasteiger partial charge >= 0.3 is 0 Å². The fourth-order valence-electron chi connectivity index (χ4n) is 1.14. The van der Waals surface area contributed by atoms with E-state index in [2.05, 4.69) is 0 Å². The summed E-state index contributed by atoms with van der Waals surface area (Å²) in [5.41, 5.74) is 0. The second-order valence-electron chi connectivity index (χ2n) is 2.59. The summed E-state index contributed by atoms with van der Waals surface area (Å²) in [7, 11) is 0. The van der Waals surface area contributed by atoms with E-state index >= 15 is 0 Å². The van der Waals surface area contributed by atoms with Crippen molar-refractivity contribution in [1.82, 2.24) is 10.0 Å². The molecule has 0 aromatic heterocycles. The minimum absolute atomic E-state index is 0.332. The van der Waals surface area contributed by atoms with E-state index in [9.17, 15) is 20.2 Å². The van der Waals surface area contributed by atoms with Gasteiger partial charge in [0.25, 0.3) is 0 Å². The van der Waals surface area contributed by atoms with Crippen molar-refractivity contribution < 1.29 is 10.1 Å². The molecule has 1 aliphatic rings. The highest BCUT2D eigenvalue weighted by atomic mass is 35.5. The Balaban J connectivity index is 2.68. The topological polar surface area (TPSA) is 92.8 Å². The molecule has 8 nitrogen and oxygen atoms in total. The molecule has 0 bridgehead atoms. The predicted octanol–water partition coefficient (Wildman–Crippen LogP) is -0.102. The van der Waals surface area contributed by atoms with Crippen molar-refractivity contribution in [2.24, 2.45) is 0 Å². The Hall–Kier alpha value is -1.31. The fraction of sp³-hybridized carbons (Fsp3) is 1.00. The molecule has 0 aromatic carbocycles. The highest BCUT2D eigenvalue weighted by molar-refractivity contribution is 6.20. The smallest absolute Gasteiger partial charge is 0.235 e. The zero-order valence-corrected chi connectivity index (χ0v) is 7.42. The number of halogens is 1. The summed E-state index contributed by atoms with van der Waals surface area (Å²) >= 11 is 5.56. The molecule has 9 heteroatoms. The Morgan fingerprint density at radius 1 is 1.38 bits per heavy atom. The molecule has 1 heterocycles. The molecule has 1 aliphatic heterocycles. The van der Waals surface area contributed by atoms with E-state index in [0.717, 1.165) is 10.0 Å². The third kappa shape index (κ3) is 1.57. The maximum atomic E-state index is 10.3. The van der Waals surface area contributed by atoms with Crippen molar-refractivity contribution in [3.05, 3.63) is 20.2 Å². The van der Waals surface area contributed by atoms with E-state index in [0.29, 0.717) is 0 Å². The Bertz CT molecular complexity index is 226. The van der Waals surface area contributed by atoms with Gasteiger partial charge in [0.15, 0.2) is 10.1 Å². The molecule has 1 atom stereocenters. The van der Waals surface area contributed by atoms with E-state index in [4.69, 9.17) is 11.6 Å². The number of nitrogens with zero attached hydrogens (tertiary/aromatic N) is 4. The molecular weight excluding hydrogens is 204 g/mol. The maximum absolute atomic E-state index is 10.3. The molecule has 0 aromatic rings. The molecule has 74 valence electrons. The Labute approximate surface area is 77.9 Å². The molecule has 13 heavy (non-hydrogen) atoms. The lowest BCUT2D eigenvalue weighted by molar-refractivity contribution is -0.792. The molecule has 1 fully saturated rings. The monoisotopic (exact) mass is 210 g/mol. The second kappa shape index (κ2) is 3.21. The third-order valence-electron chi connectivity index (χ3n) is 1.73. The average Bonchev–Trinajstić information content (AvgIpc) is 1.79. The van der Waals surface area contributed by atoms with Gasteiger partial charge in [0.05, 0.1) is 5.38 Å². The van der Waals surface area contributed by atoms with Crippen LogP contribution in [0.3, 0.4) is 0 Å². The van der Waals surface area contributed by atoms with Gasteiger partial charge in [-0.25, -0.2) is 20.2 Å². The van der Waals surface area contributed by atoms with Gasteiger partial charge < -0.3 is 0 Å².